The minimum absolute atomic E-state index is 0.0915. The first kappa shape index (κ1) is 14.3. The van der Waals surface area contributed by atoms with Gasteiger partial charge in [0.25, 0.3) is 0 Å². The molecule has 20 heavy (non-hydrogen) atoms. The number of hydrogen-bond acceptors (Lipinski definition) is 4. The van der Waals surface area contributed by atoms with Crippen LogP contribution >= 0.6 is 0 Å². The molecule has 114 valence electrons. The Morgan fingerprint density at radius 3 is 2.40 bits per heavy atom. The molecule has 0 aromatic carbocycles. The minimum atomic E-state index is -3.15. The minimum Gasteiger partial charge on any atom is -0.393 e. The Morgan fingerprint density at radius 2 is 1.75 bits per heavy atom. The lowest BCUT2D eigenvalue weighted by Gasteiger charge is -2.38. The lowest BCUT2D eigenvalue weighted by molar-refractivity contribution is -0.138. The number of likely N-dealkylation sites (tertiary alicyclic amines) is 1. The van der Waals surface area contributed by atoms with E-state index in [2.05, 4.69) is 0 Å². The molecular formula is C13H22N2O4S. The summed E-state index contributed by atoms with van der Waals surface area (Å²) in [5, 5.41) is 9.70. The lowest BCUT2D eigenvalue weighted by Crippen LogP contribution is -2.55. The molecule has 0 bridgehead atoms. The van der Waals surface area contributed by atoms with E-state index in [0.717, 1.165) is 32.4 Å². The summed E-state index contributed by atoms with van der Waals surface area (Å²) in [5.74, 6) is 0.866. The maximum Gasteiger partial charge on any atom is 0.228 e. The van der Waals surface area contributed by atoms with E-state index in [9.17, 15) is 18.3 Å². The molecular weight excluding hydrogens is 280 g/mol. The van der Waals surface area contributed by atoms with Gasteiger partial charge in [0.2, 0.25) is 15.9 Å². The molecule has 2 aliphatic heterocycles. The second-order valence-electron chi connectivity index (χ2n) is 6.51. The molecule has 0 radical (unpaired) electrons. The molecule has 3 aliphatic rings. The van der Waals surface area contributed by atoms with Crippen molar-refractivity contribution in [2.24, 2.45) is 17.8 Å². The predicted molar refractivity (Wildman–Crippen MR) is 73.3 cm³/mol. The summed E-state index contributed by atoms with van der Waals surface area (Å²) in [6, 6.07) is 0. The van der Waals surface area contributed by atoms with Crippen molar-refractivity contribution in [3.63, 3.8) is 0 Å². The maximum atomic E-state index is 12.4. The number of carbonyl (C=O) groups is 1. The summed E-state index contributed by atoms with van der Waals surface area (Å²) in [5.41, 5.74) is 0. The van der Waals surface area contributed by atoms with E-state index >= 15 is 0 Å². The standard InChI is InChI=1S/C13H22N2O4S/c1-20(18,19)15-7-11(8-15)13(17)14-5-9-2-3-12(16)4-10(9)6-14/h9-12,16H,2-8H2,1H3. The molecule has 2 saturated heterocycles. The Balaban J connectivity index is 1.55. The molecule has 2 heterocycles. The summed E-state index contributed by atoms with van der Waals surface area (Å²) in [4.78, 5) is 14.3. The molecule has 0 aromatic rings. The van der Waals surface area contributed by atoms with Crippen molar-refractivity contribution in [1.82, 2.24) is 9.21 Å². The van der Waals surface area contributed by atoms with Gasteiger partial charge in [0.1, 0.15) is 0 Å². The maximum absolute atomic E-state index is 12.4. The smallest absolute Gasteiger partial charge is 0.228 e. The van der Waals surface area contributed by atoms with Crippen molar-refractivity contribution >= 4 is 15.9 Å². The quantitative estimate of drug-likeness (QED) is 0.746. The largest absolute Gasteiger partial charge is 0.393 e. The molecule has 1 aliphatic carbocycles. The number of carbonyl (C=O) groups excluding carboxylic acids is 1. The van der Waals surface area contributed by atoms with Crippen LogP contribution in [0.25, 0.3) is 0 Å². The molecule has 1 amide bonds. The van der Waals surface area contributed by atoms with Crippen molar-refractivity contribution in [2.75, 3.05) is 32.4 Å². The van der Waals surface area contributed by atoms with Gasteiger partial charge < -0.3 is 10.0 Å². The number of aliphatic hydroxyl groups is 1. The molecule has 3 rings (SSSR count). The van der Waals surface area contributed by atoms with Gasteiger partial charge in [-0.15, -0.1) is 0 Å². The number of nitrogens with zero attached hydrogens (tertiary/aromatic N) is 2. The van der Waals surface area contributed by atoms with Crippen LogP contribution in [0.1, 0.15) is 19.3 Å². The number of hydrogen-bond donors (Lipinski definition) is 1. The number of aliphatic hydroxyl groups excluding tert-OH is 1. The number of sulfonamides is 1. The van der Waals surface area contributed by atoms with Gasteiger partial charge in [-0.05, 0) is 31.1 Å². The Labute approximate surface area is 119 Å². The number of rotatable bonds is 2. The number of amides is 1. The van der Waals surface area contributed by atoms with Gasteiger partial charge in [0.05, 0.1) is 18.3 Å². The highest BCUT2D eigenvalue weighted by Crippen LogP contribution is 2.37. The third-order valence-electron chi connectivity index (χ3n) is 5.00. The highest BCUT2D eigenvalue weighted by molar-refractivity contribution is 7.88. The first-order valence-electron chi connectivity index (χ1n) is 7.26. The van der Waals surface area contributed by atoms with Crippen LogP contribution in [-0.4, -0.2) is 67.2 Å². The Hall–Kier alpha value is -0.660. The van der Waals surface area contributed by atoms with Crippen LogP contribution in [0.3, 0.4) is 0 Å². The summed E-state index contributed by atoms with van der Waals surface area (Å²) >= 11 is 0. The summed E-state index contributed by atoms with van der Waals surface area (Å²) < 4.78 is 24.0. The Morgan fingerprint density at radius 1 is 1.10 bits per heavy atom. The first-order valence-corrected chi connectivity index (χ1v) is 9.11. The highest BCUT2D eigenvalue weighted by atomic mass is 32.2. The summed E-state index contributed by atoms with van der Waals surface area (Å²) in [6.45, 7) is 2.17. The van der Waals surface area contributed by atoms with Gasteiger partial charge in [0, 0.05) is 26.2 Å². The Bertz CT molecular complexity index is 501. The highest BCUT2D eigenvalue weighted by Gasteiger charge is 2.44. The fourth-order valence-corrected chi connectivity index (χ4v) is 4.61. The third-order valence-corrected chi connectivity index (χ3v) is 6.24. The summed E-state index contributed by atoms with van der Waals surface area (Å²) in [6.07, 6.45) is 3.61. The first-order chi connectivity index (χ1) is 9.34. The van der Waals surface area contributed by atoms with Crippen LogP contribution in [0.4, 0.5) is 0 Å². The van der Waals surface area contributed by atoms with Gasteiger partial charge in [0.15, 0.2) is 0 Å². The van der Waals surface area contributed by atoms with E-state index in [1.807, 2.05) is 4.90 Å². The van der Waals surface area contributed by atoms with E-state index in [1.165, 1.54) is 10.6 Å². The average molecular weight is 302 g/mol. The van der Waals surface area contributed by atoms with Crippen molar-refractivity contribution in [3.05, 3.63) is 0 Å². The van der Waals surface area contributed by atoms with Crippen molar-refractivity contribution < 1.29 is 18.3 Å². The third kappa shape index (κ3) is 2.58. The number of fused-ring (bicyclic) bond motifs is 1. The zero-order chi connectivity index (χ0) is 14.5. The molecule has 7 heteroatoms. The van der Waals surface area contributed by atoms with E-state index in [4.69, 9.17) is 0 Å². The van der Waals surface area contributed by atoms with Crippen molar-refractivity contribution in [1.29, 1.82) is 0 Å². The van der Waals surface area contributed by atoms with Gasteiger partial charge in [-0.2, -0.15) is 0 Å². The zero-order valence-corrected chi connectivity index (χ0v) is 12.6. The fourth-order valence-electron chi connectivity index (χ4n) is 3.71. The Kier molecular flexibility index (Phi) is 3.54. The zero-order valence-electron chi connectivity index (χ0n) is 11.7. The molecule has 1 N–H and O–H groups in total. The molecule has 0 aromatic heterocycles. The van der Waals surface area contributed by atoms with E-state index in [0.29, 0.717) is 24.9 Å². The second-order valence-corrected chi connectivity index (χ2v) is 8.49. The van der Waals surface area contributed by atoms with Gasteiger partial charge in [-0.1, -0.05) is 0 Å². The molecule has 3 unspecified atom stereocenters. The lowest BCUT2D eigenvalue weighted by atomic mass is 9.80. The van der Waals surface area contributed by atoms with Crippen LogP contribution in [0, 0.1) is 17.8 Å². The monoisotopic (exact) mass is 302 g/mol. The van der Waals surface area contributed by atoms with Crippen molar-refractivity contribution in [2.45, 2.75) is 25.4 Å². The van der Waals surface area contributed by atoms with Gasteiger partial charge >= 0.3 is 0 Å². The van der Waals surface area contributed by atoms with Crippen molar-refractivity contribution in [3.8, 4) is 0 Å². The van der Waals surface area contributed by atoms with Crippen LogP contribution in [0.2, 0.25) is 0 Å². The second kappa shape index (κ2) is 4.96. The topological polar surface area (TPSA) is 77.9 Å². The predicted octanol–water partition coefficient (Wildman–Crippen LogP) is -0.503. The van der Waals surface area contributed by atoms with E-state index in [-0.39, 0.29) is 17.9 Å². The normalized spacial score (nSPS) is 35.7. The van der Waals surface area contributed by atoms with Crippen LogP contribution < -0.4 is 0 Å². The SMILES string of the molecule is CS(=O)(=O)N1CC(C(=O)N2CC3CCC(O)CC3C2)C1. The van der Waals surface area contributed by atoms with E-state index < -0.39 is 10.0 Å². The van der Waals surface area contributed by atoms with Gasteiger partial charge in [-0.3, -0.25) is 4.79 Å². The summed E-state index contributed by atoms with van der Waals surface area (Å²) in [7, 11) is -3.15. The average Bonchev–Trinajstić information content (AvgIpc) is 2.67. The van der Waals surface area contributed by atoms with Gasteiger partial charge in [-0.25, -0.2) is 12.7 Å². The molecule has 3 atom stereocenters. The van der Waals surface area contributed by atoms with Crippen LogP contribution in [-0.2, 0) is 14.8 Å². The molecule has 6 nitrogen and oxygen atoms in total. The van der Waals surface area contributed by atoms with Crippen LogP contribution in [0.15, 0.2) is 0 Å². The molecule has 0 spiro atoms. The molecule has 1 saturated carbocycles. The van der Waals surface area contributed by atoms with E-state index in [1.54, 1.807) is 0 Å². The molecule has 3 fully saturated rings. The fraction of sp³-hybridized carbons (Fsp3) is 0.923. The van der Waals surface area contributed by atoms with Crippen LogP contribution in [0.5, 0.6) is 0 Å².